The number of amides is 1. The first-order chi connectivity index (χ1) is 9.86. The van der Waals surface area contributed by atoms with Crippen molar-refractivity contribution in [1.82, 2.24) is 0 Å². The highest BCUT2D eigenvalue weighted by Gasteiger charge is 2.32. The molecule has 0 saturated carbocycles. The minimum absolute atomic E-state index is 0.0932. The van der Waals surface area contributed by atoms with E-state index < -0.39 is 11.6 Å². The number of piperidine rings is 1. The Kier molecular flexibility index (Phi) is 4.93. The molecule has 0 aliphatic carbocycles. The number of rotatable bonds is 3. The van der Waals surface area contributed by atoms with Crippen molar-refractivity contribution >= 4 is 11.6 Å². The lowest BCUT2D eigenvalue weighted by atomic mass is 9.91. The summed E-state index contributed by atoms with van der Waals surface area (Å²) in [5, 5.41) is 2.50. The maximum absolute atomic E-state index is 13.6. The first-order valence-corrected chi connectivity index (χ1v) is 7.47. The molecule has 1 saturated heterocycles. The van der Waals surface area contributed by atoms with Crippen molar-refractivity contribution in [3.05, 3.63) is 29.8 Å². The molecule has 2 N–H and O–H groups in total. The van der Waals surface area contributed by atoms with Gasteiger partial charge in [0.1, 0.15) is 11.6 Å². The summed E-state index contributed by atoms with van der Waals surface area (Å²) in [6.45, 7) is 8.08. The molecule has 1 amide bonds. The zero-order valence-corrected chi connectivity index (χ0v) is 12.7. The number of quaternary nitrogens is 1. The highest BCUT2D eigenvalue weighted by Crippen LogP contribution is 2.16. The van der Waals surface area contributed by atoms with E-state index in [9.17, 15) is 13.6 Å². The van der Waals surface area contributed by atoms with Crippen molar-refractivity contribution in [2.75, 3.05) is 18.4 Å². The summed E-state index contributed by atoms with van der Waals surface area (Å²) in [6.07, 6.45) is 1.18. The molecular formula is C16H23F2N2O+. The molecule has 21 heavy (non-hydrogen) atoms. The largest absolute Gasteiger partial charge is 0.324 e. The SMILES string of the molecule is C[C@@H]1C[C@@H](C)C[NH+]([C@@H](C)C(=O)Nc2cc(F)ccc2F)C1. The van der Waals surface area contributed by atoms with Gasteiger partial charge in [-0.1, -0.05) is 13.8 Å². The van der Waals surface area contributed by atoms with E-state index in [1.165, 1.54) is 11.3 Å². The number of anilines is 1. The molecule has 0 bridgehead atoms. The van der Waals surface area contributed by atoms with Crippen LogP contribution >= 0.6 is 0 Å². The second-order valence-corrected chi connectivity index (χ2v) is 6.35. The zero-order valence-electron chi connectivity index (χ0n) is 12.7. The maximum atomic E-state index is 13.6. The molecule has 1 heterocycles. The predicted octanol–water partition coefficient (Wildman–Crippen LogP) is 1.85. The van der Waals surface area contributed by atoms with E-state index in [1.54, 1.807) is 0 Å². The van der Waals surface area contributed by atoms with Crippen molar-refractivity contribution in [3.63, 3.8) is 0 Å². The summed E-state index contributed by atoms with van der Waals surface area (Å²) in [7, 11) is 0. The lowest BCUT2D eigenvalue weighted by molar-refractivity contribution is -0.925. The Bertz CT molecular complexity index is 511. The van der Waals surface area contributed by atoms with Crippen LogP contribution in [0.25, 0.3) is 0 Å². The summed E-state index contributed by atoms with van der Waals surface area (Å²) in [6, 6.07) is 2.79. The van der Waals surface area contributed by atoms with Gasteiger partial charge in [-0.05, 0) is 25.5 Å². The van der Waals surface area contributed by atoms with Crippen molar-refractivity contribution in [3.8, 4) is 0 Å². The summed E-state index contributed by atoms with van der Waals surface area (Å²) in [4.78, 5) is 13.5. The van der Waals surface area contributed by atoms with Crippen molar-refractivity contribution in [2.24, 2.45) is 11.8 Å². The van der Waals surface area contributed by atoms with E-state index in [0.717, 1.165) is 31.3 Å². The molecular weight excluding hydrogens is 274 g/mol. The smallest absolute Gasteiger partial charge is 0.282 e. The molecule has 3 atom stereocenters. The molecule has 0 unspecified atom stereocenters. The maximum Gasteiger partial charge on any atom is 0.282 e. The fourth-order valence-electron chi connectivity index (χ4n) is 3.21. The van der Waals surface area contributed by atoms with Crippen LogP contribution in [0, 0.1) is 23.5 Å². The predicted molar refractivity (Wildman–Crippen MR) is 78.1 cm³/mol. The summed E-state index contributed by atoms with van der Waals surface area (Å²) in [5.41, 5.74) is -0.0932. The molecule has 3 nitrogen and oxygen atoms in total. The van der Waals surface area contributed by atoms with Gasteiger partial charge in [-0.15, -0.1) is 0 Å². The van der Waals surface area contributed by atoms with Crippen LogP contribution in [-0.4, -0.2) is 25.0 Å². The Labute approximate surface area is 124 Å². The molecule has 1 aliphatic rings. The lowest BCUT2D eigenvalue weighted by Gasteiger charge is -2.35. The first-order valence-electron chi connectivity index (χ1n) is 7.47. The van der Waals surface area contributed by atoms with Crippen molar-refractivity contribution in [1.29, 1.82) is 0 Å². The van der Waals surface area contributed by atoms with Gasteiger partial charge in [0.25, 0.3) is 5.91 Å². The van der Waals surface area contributed by atoms with Gasteiger partial charge in [-0.3, -0.25) is 4.79 Å². The molecule has 0 aromatic heterocycles. The average molecular weight is 297 g/mol. The first kappa shape index (κ1) is 15.9. The zero-order chi connectivity index (χ0) is 15.6. The number of carbonyl (C=O) groups is 1. The van der Waals surface area contributed by atoms with Gasteiger partial charge in [0.05, 0.1) is 18.8 Å². The molecule has 1 aromatic carbocycles. The van der Waals surface area contributed by atoms with Crippen LogP contribution in [0.15, 0.2) is 18.2 Å². The normalized spacial score (nSPS) is 27.2. The number of likely N-dealkylation sites (tertiary alicyclic amines) is 1. The molecule has 1 fully saturated rings. The van der Waals surface area contributed by atoms with Crippen LogP contribution in [0.3, 0.4) is 0 Å². The van der Waals surface area contributed by atoms with Gasteiger partial charge < -0.3 is 10.2 Å². The van der Waals surface area contributed by atoms with Crippen LogP contribution in [0.2, 0.25) is 0 Å². The second-order valence-electron chi connectivity index (χ2n) is 6.35. The van der Waals surface area contributed by atoms with Crippen molar-refractivity contribution < 1.29 is 18.5 Å². The Hall–Kier alpha value is -1.49. The number of carbonyl (C=O) groups excluding carboxylic acids is 1. The van der Waals surface area contributed by atoms with E-state index in [-0.39, 0.29) is 17.6 Å². The van der Waals surface area contributed by atoms with Gasteiger partial charge in [0.15, 0.2) is 6.04 Å². The van der Waals surface area contributed by atoms with Gasteiger partial charge in [-0.25, -0.2) is 8.78 Å². The monoisotopic (exact) mass is 297 g/mol. The molecule has 1 aromatic rings. The highest BCUT2D eigenvalue weighted by molar-refractivity contribution is 5.93. The summed E-state index contributed by atoms with van der Waals surface area (Å²) in [5.74, 6) is -0.301. The van der Waals surface area contributed by atoms with Gasteiger partial charge in [0, 0.05) is 17.9 Å². The van der Waals surface area contributed by atoms with Crippen LogP contribution in [0.4, 0.5) is 14.5 Å². The standard InChI is InChI=1S/C16H22F2N2O/c1-10-6-11(2)9-20(8-10)12(3)16(21)19-15-7-13(17)4-5-14(15)18/h4-5,7,10-12H,6,8-9H2,1-3H3,(H,19,21)/p+1/t10-,11-,12+/m1/s1. The Morgan fingerprint density at radius 3 is 2.52 bits per heavy atom. The third-order valence-corrected chi connectivity index (χ3v) is 4.22. The Morgan fingerprint density at radius 2 is 1.90 bits per heavy atom. The minimum atomic E-state index is -0.618. The number of nitrogens with one attached hydrogen (secondary N) is 2. The number of benzene rings is 1. The summed E-state index contributed by atoms with van der Waals surface area (Å²) < 4.78 is 26.7. The third-order valence-electron chi connectivity index (χ3n) is 4.22. The topological polar surface area (TPSA) is 33.5 Å². The van der Waals surface area contributed by atoms with Gasteiger partial charge in [0.2, 0.25) is 0 Å². The molecule has 0 radical (unpaired) electrons. The van der Waals surface area contributed by atoms with Gasteiger partial charge >= 0.3 is 0 Å². The average Bonchev–Trinajstić information content (AvgIpc) is 2.41. The van der Waals surface area contributed by atoms with E-state index in [2.05, 4.69) is 19.2 Å². The van der Waals surface area contributed by atoms with Crippen LogP contribution < -0.4 is 10.2 Å². The number of hydrogen-bond donors (Lipinski definition) is 2. The molecule has 5 heteroatoms. The van der Waals surface area contributed by atoms with Crippen LogP contribution in [0.1, 0.15) is 27.2 Å². The third kappa shape index (κ3) is 4.00. The summed E-state index contributed by atoms with van der Waals surface area (Å²) >= 11 is 0. The highest BCUT2D eigenvalue weighted by atomic mass is 19.1. The number of halogens is 2. The number of hydrogen-bond acceptors (Lipinski definition) is 1. The van der Waals surface area contributed by atoms with Gasteiger partial charge in [-0.2, -0.15) is 0 Å². The quantitative estimate of drug-likeness (QED) is 0.877. The fraction of sp³-hybridized carbons (Fsp3) is 0.562. The minimum Gasteiger partial charge on any atom is -0.324 e. The van der Waals surface area contributed by atoms with Crippen LogP contribution in [0.5, 0.6) is 0 Å². The van der Waals surface area contributed by atoms with E-state index >= 15 is 0 Å². The fourth-order valence-corrected chi connectivity index (χ4v) is 3.21. The van der Waals surface area contributed by atoms with Crippen LogP contribution in [-0.2, 0) is 4.79 Å². The Balaban J connectivity index is 2.04. The van der Waals surface area contributed by atoms with Crippen molar-refractivity contribution in [2.45, 2.75) is 33.2 Å². The molecule has 0 spiro atoms. The van der Waals surface area contributed by atoms with E-state index in [4.69, 9.17) is 0 Å². The molecule has 116 valence electrons. The Morgan fingerprint density at radius 1 is 1.29 bits per heavy atom. The molecule has 1 aliphatic heterocycles. The van der Waals surface area contributed by atoms with E-state index in [1.807, 2.05) is 6.92 Å². The second kappa shape index (κ2) is 6.52. The van der Waals surface area contributed by atoms with E-state index in [0.29, 0.717) is 11.8 Å². The molecule has 2 rings (SSSR count). The lowest BCUT2D eigenvalue weighted by Crippen LogP contribution is -3.18.